The second kappa shape index (κ2) is 7.53. The molecule has 0 radical (unpaired) electrons. The first kappa shape index (κ1) is 17.2. The van der Waals surface area contributed by atoms with Crippen molar-refractivity contribution >= 4 is 23.4 Å². The van der Waals surface area contributed by atoms with E-state index in [2.05, 4.69) is 20.5 Å². The standard InChI is InChI=1S/C19H20N4OS/c1-12-7-9-15(10-8-12)18-21-19(23-22-18)25-11-17(24)20-16-6-4-5-13(2)14(16)3/h4-10H,11H2,1-3H3,(H,20,24)(H,21,22,23). The van der Waals surface area contributed by atoms with E-state index in [0.717, 1.165) is 22.4 Å². The van der Waals surface area contributed by atoms with E-state index >= 15 is 0 Å². The molecule has 0 unspecified atom stereocenters. The van der Waals surface area contributed by atoms with E-state index in [1.54, 1.807) is 0 Å². The maximum absolute atomic E-state index is 12.2. The van der Waals surface area contributed by atoms with Gasteiger partial charge in [-0.3, -0.25) is 4.79 Å². The summed E-state index contributed by atoms with van der Waals surface area (Å²) in [5, 5.41) is 11.8. The van der Waals surface area contributed by atoms with Gasteiger partial charge in [0.15, 0.2) is 11.0 Å². The van der Waals surface area contributed by atoms with Gasteiger partial charge in [0.2, 0.25) is 5.91 Å². The van der Waals surface area contributed by atoms with Gasteiger partial charge < -0.3 is 10.3 Å². The number of benzene rings is 2. The lowest BCUT2D eigenvalue weighted by Gasteiger charge is -2.09. The van der Waals surface area contributed by atoms with Crippen molar-refractivity contribution in [2.45, 2.75) is 25.9 Å². The highest BCUT2D eigenvalue weighted by Crippen LogP contribution is 2.21. The Hall–Kier alpha value is -2.60. The second-order valence-corrected chi connectivity index (χ2v) is 6.89. The van der Waals surface area contributed by atoms with Gasteiger partial charge >= 0.3 is 0 Å². The van der Waals surface area contributed by atoms with E-state index < -0.39 is 0 Å². The molecule has 2 aromatic carbocycles. The van der Waals surface area contributed by atoms with Gasteiger partial charge in [0.05, 0.1) is 5.75 Å². The average Bonchev–Trinajstić information content (AvgIpc) is 3.07. The fourth-order valence-corrected chi connectivity index (χ4v) is 2.97. The van der Waals surface area contributed by atoms with Crippen molar-refractivity contribution in [2.75, 3.05) is 11.1 Å². The number of H-pyrrole nitrogens is 1. The molecule has 128 valence electrons. The van der Waals surface area contributed by atoms with E-state index in [0.29, 0.717) is 11.0 Å². The van der Waals surface area contributed by atoms with E-state index in [4.69, 9.17) is 0 Å². The molecule has 25 heavy (non-hydrogen) atoms. The van der Waals surface area contributed by atoms with Crippen molar-refractivity contribution in [2.24, 2.45) is 0 Å². The summed E-state index contributed by atoms with van der Waals surface area (Å²) in [4.78, 5) is 15.3. The zero-order chi connectivity index (χ0) is 17.8. The number of carbonyl (C=O) groups excluding carboxylic acids is 1. The van der Waals surface area contributed by atoms with E-state index in [-0.39, 0.29) is 11.7 Å². The minimum Gasteiger partial charge on any atom is -0.325 e. The molecule has 1 amide bonds. The molecule has 0 spiro atoms. The summed E-state index contributed by atoms with van der Waals surface area (Å²) in [6.07, 6.45) is 0. The molecule has 0 fully saturated rings. The second-order valence-electron chi connectivity index (χ2n) is 5.93. The molecular formula is C19H20N4OS. The van der Waals surface area contributed by atoms with Gasteiger partial charge in [-0.25, -0.2) is 0 Å². The van der Waals surface area contributed by atoms with Crippen LogP contribution in [0, 0.1) is 20.8 Å². The van der Waals surface area contributed by atoms with E-state index in [9.17, 15) is 4.79 Å². The highest BCUT2D eigenvalue weighted by molar-refractivity contribution is 7.99. The Kier molecular flexibility index (Phi) is 5.19. The van der Waals surface area contributed by atoms with Crippen LogP contribution in [0.4, 0.5) is 5.69 Å². The Bertz CT molecular complexity index is 887. The highest BCUT2D eigenvalue weighted by Gasteiger charge is 2.10. The number of nitrogens with one attached hydrogen (secondary N) is 2. The minimum atomic E-state index is -0.0630. The topological polar surface area (TPSA) is 70.7 Å². The van der Waals surface area contributed by atoms with Crippen molar-refractivity contribution in [1.29, 1.82) is 0 Å². The molecule has 1 aromatic heterocycles. The molecule has 0 aliphatic rings. The quantitative estimate of drug-likeness (QED) is 0.678. The lowest BCUT2D eigenvalue weighted by Crippen LogP contribution is -2.15. The van der Waals surface area contributed by atoms with Gasteiger partial charge in [-0.15, -0.1) is 10.2 Å². The zero-order valence-electron chi connectivity index (χ0n) is 14.5. The fraction of sp³-hybridized carbons (Fsp3) is 0.211. The highest BCUT2D eigenvalue weighted by atomic mass is 32.2. The van der Waals surface area contributed by atoms with Crippen LogP contribution in [0.25, 0.3) is 11.4 Å². The normalized spacial score (nSPS) is 10.7. The lowest BCUT2D eigenvalue weighted by molar-refractivity contribution is -0.113. The first-order valence-corrected chi connectivity index (χ1v) is 9.00. The fourth-order valence-electron chi connectivity index (χ4n) is 2.36. The van der Waals surface area contributed by atoms with Gasteiger partial charge in [0.25, 0.3) is 0 Å². The predicted octanol–water partition coefficient (Wildman–Crippen LogP) is 4.13. The molecule has 2 N–H and O–H groups in total. The van der Waals surface area contributed by atoms with Gasteiger partial charge in [-0.05, 0) is 38.0 Å². The summed E-state index contributed by atoms with van der Waals surface area (Å²) in [6, 6.07) is 13.9. The number of carbonyl (C=O) groups is 1. The van der Waals surface area contributed by atoms with Crippen LogP contribution >= 0.6 is 11.8 Å². The number of aromatic nitrogens is 3. The first-order valence-electron chi connectivity index (χ1n) is 8.01. The van der Waals surface area contributed by atoms with Crippen molar-refractivity contribution in [3.05, 3.63) is 59.2 Å². The third kappa shape index (κ3) is 4.28. The number of thioether (sulfide) groups is 1. The molecule has 0 atom stereocenters. The summed E-state index contributed by atoms with van der Waals surface area (Å²) in [7, 11) is 0. The zero-order valence-corrected chi connectivity index (χ0v) is 15.3. The van der Waals surface area contributed by atoms with Crippen LogP contribution in [-0.4, -0.2) is 26.8 Å². The Morgan fingerprint density at radius 2 is 1.84 bits per heavy atom. The predicted molar refractivity (Wildman–Crippen MR) is 102 cm³/mol. The van der Waals surface area contributed by atoms with E-state index in [1.807, 2.05) is 63.2 Å². The number of aromatic amines is 1. The van der Waals surface area contributed by atoms with Crippen molar-refractivity contribution in [3.8, 4) is 11.4 Å². The third-order valence-corrected chi connectivity index (χ3v) is 4.87. The van der Waals surface area contributed by atoms with Crippen LogP contribution in [0.1, 0.15) is 16.7 Å². The Labute approximate surface area is 151 Å². The maximum atomic E-state index is 12.2. The SMILES string of the molecule is Cc1ccc(-c2nnc(SCC(=O)Nc3cccc(C)c3C)[nH]2)cc1. The average molecular weight is 352 g/mol. The molecule has 6 heteroatoms. The molecule has 0 aliphatic carbocycles. The largest absolute Gasteiger partial charge is 0.325 e. The molecule has 3 aromatic rings. The van der Waals surface area contributed by atoms with Crippen molar-refractivity contribution in [3.63, 3.8) is 0 Å². The molecule has 0 aliphatic heterocycles. The van der Waals surface area contributed by atoms with Gasteiger partial charge in [0, 0.05) is 11.3 Å². The molecule has 0 saturated heterocycles. The molecule has 5 nitrogen and oxygen atoms in total. The van der Waals surface area contributed by atoms with Crippen LogP contribution in [0.15, 0.2) is 47.6 Å². The molecule has 3 rings (SSSR count). The van der Waals surface area contributed by atoms with Crippen molar-refractivity contribution in [1.82, 2.24) is 15.2 Å². The number of rotatable bonds is 5. The number of aryl methyl sites for hydroxylation is 2. The summed E-state index contributed by atoms with van der Waals surface area (Å²) in [5.41, 5.74) is 5.26. The Balaban J connectivity index is 1.59. The minimum absolute atomic E-state index is 0.0630. The Morgan fingerprint density at radius 1 is 1.08 bits per heavy atom. The van der Waals surface area contributed by atoms with E-state index in [1.165, 1.54) is 17.3 Å². The number of hydrogen-bond acceptors (Lipinski definition) is 4. The van der Waals surface area contributed by atoms with Gasteiger partial charge in [-0.1, -0.05) is 53.7 Å². The van der Waals surface area contributed by atoms with Crippen LogP contribution in [0.3, 0.4) is 0 Å². The van der Waals surface area contributed by atoms with Crippen LogP contribution in [-0.2, 0) is 4.79 Å². The first-order chi connectivity index (χ1) is 12.0. The summed E-state index contributed by atoms with van der Waals surface area (Å²) in [5.74, 6) is 0.917. The molecular weight excluding hydrogens is 332 g/mol. The Morgan fingerprint density at radius 3 is 2.60 bits per heavy atom. The smallest absolute Gasteiger partial charge is 0.234 e. The summed E-state index contributed by atoms with van der Waals surface area (Å²) < 4.78 is 0. The molecule has 1 heterocycles. The summed E-state index contributed by atoms with van der Waals surface area (Å²) in [6.45, 7) is 6.07. The number of anilines is 1. The van der Waals surface area contributed by atoms with Crippen LogP contribution in [0.5, 0.6) is 0 Å². The number of amides is 1. The number of nitrogens with zero attached hydrogens (tertiary/aromatic N) is 2. The number of hydrogen-bond donors (Lipinski definition) is 2. The lowest BCUT2D eigenvalue weighted by atomic mass is 10.1. The summed E-state index contributed by atoms with van der Waals surface area (Å²) >= 11 is 1.34. The molecule has 0 saturated carbocycles. The van der Waals surface area contributed by atoms with Gasteiger partial charge in [-0.2, -0.15) is 0 Å². The molecule has 0 bridgehead atoms. The maximum Gasteiger partial charge on any atom is 0.234 e. The van der Waals surface area contributed by atoms with Crippen LogP contribution in [0.2, 0.25) is 0 Å². The third-order valence-electron chi connectivity index (χ3n) is 4.01. The van der Waals surface area contributed by atoms with Crippen molar-refractivity contribution < 1.29 is 4.79 Å². The monoisotopic (exact) mass is 352 g/mol. The van der Waals surface area contributed by atoms with Crippen LogP contribution < -0.4 is 5.32 Å². The van der Waals surface area contributed by atoms with Gasteiger partial charge in [0.1, 0.15) is 0 Å².